The molecule has 1 saturated heterocycles. The average molecular weight is 492 g/mol. The second-order valence-corrected chi connectivity index (χ2v) is 11.4. The van der Waals surface area contributed by atoms with Gasteiger partial charge in [0, 0.05) is 25.0 Å². The highest BCUT2D eigenvalue weighted by Crippen LogP contribution is 2.31. The summed E-state index contributed by atoms with van der Waals surface area (Å²) in [6, 6.07) is 4.31. The molecule has 1 N–H and O–H groups in total. The molecule has 0 aromatic carbocycles. The van der Waals surface area contributed by atoms with Gasteiger partial charge in [0.05, 0.1) is 16.3 Å². The molecule has 0 bridgehead atoms. The summed E-state index contributed by atoms with van der Waals surface area (Å²) < 4.78 is 46.1. The van der Waals surface area contributed by atoms with Crippen LogP contribution in [0.5, 0.6) is 0 Å². The van der Waals surface area contributed by atoms with E-state index in [1.807, 2.05) is 0 Å². The molecule has 1 amide bonds. The normalized spacial score (nSPS) is 18.6. The molecule has 4 rings (SSSR count). The molecule has 1 atom stereocenters. The number of hydrogen-bond donors (Lipinski definition) is 1. The Morgan fingerprint density at radius 3 is 2.53 bits per heavy atom. The number of pyridine rings is 2. The van der Waals surface area contributed by atoms with E-state index in [9.17, 15) is 22.4 Å². The van der Waals surface area contributed by atoms with Crippen LogP contribution >= 0.6 is 0 Å². The molecule has 1 aliphatic carbocycles. The molecule has 0 radical (unpaired) electrons. The van der Waals surface area contributed by atoms with E-state index < -0.39 is 38.4 Å². The van der Waals surface area contributed by atoms with Gasteiger partial charge in [0.25, 0.3) is 5.56 Å². The monoisotopic (exact) mass is 491 g/mol. The summed E-state index contributed by atoms with van der Waals surface area (Å²) in [5, 5.41) is 2.21. The summed E-state index contributed by atoms with van der Waals surface area (Å²) in [5.41, 5.74) is -0.126. The first kappa shape index (κ1) is 24.5. The molecule has 2 aromatic rings. The minimum Gasteiger partial charge on any atom is -0.381 e. The highest BCUT2D eigenvalue weighted by Gasteiger charge is 2.33. The van der Waals surface area contributed by atoms with Gasteiger partial charge < -0.3 is 14.6 Å². The van der Waals surface area contributed by atoms with Gasteiger partial charge in [-0.25, -0.2) is 17.8 Å². The minimum absolute atomic E-state index is 0.0172. The predicted octanol–water partition coefficient (Wildman–Crippen LogP) is 3.40. The van der Waals surface area contributed by atoms with Crippen LogP contribution in [-0.2, 0) is 19.4 Å². The van der Waals surface area contributed by atoms with Crippen molar-refractivity contribution in [2.75, 3.05) is 18.5 Å². The van der Waals surface area contributed by atoms with Crippen LogP contribution < -0.4 is 10.9 Å². The highest BCUT2D eigenvalue weighted by atomic mass is 32.2. The number of aryl methyl sites for hydroxylation is 1. The zero-order valence-electron chi connectivity index (χ0n) is 19.2. The van der Waals surface area contributed by atoms with E-state index in [4.69, 9.17) is 4.74 Å². The summed E-state index contributed by atoms with van der Waals surface area (Å²) in [5.74, 6) is -0.640. The Kier molecular flexibility index (Phi) is 7.47. The highest BCUT2D eigenvalue weighted by molar-refractivity contribution is 7.92. The second kappa shape index (κ2) is 10.4. The van der Waals surface area contributed by atoms with Crippen molar-refractivity contribution in [2.24, 2.45) is 5.92 Å². The Morgan fingerprint density at radius 1 is 1.21 bits per heavy atom. The lowest BCUT2D eigenvalue weighted by Gasteiger charge is -2.28. The minimum atomic E-state index is -3.60. The van der Waals surface area contributed by atoms with Crippen molar-refractivity contribution in [1.29, 1.82) is 0 Å². The fourth-order valence-electron chi connectivity index (χ4n) is 4.92. The van der Waals surface area contributed by atoms with Crippen molar-refractivity contribution in [3.05, 3.63) is 52.3 Å². The number of hydrogen-bond acceptors (Lipinski definition) is 6. The maximum Gasteiger partial charge on any atom is 0.252 e. The fourth-order valence-corrected chi connectivity index (χ4v) is 6.86. The number of carbonyl (C=O) groups is 1. The third kappa shape index (κ3) is 5.38. The van der Waals surface area contributed by atoms with Crippen LogP contribution in [0.2, 0.25) is 0 Å². The second-order valence-electron chi connectivity index (χ2n) is 9.15. The predicted molar refractivity (Wildman–Crippen MR) is 125 cm³/mol. The first-order valence-electron chi connectivity index (χ1n) is 11.7. The molecule has 8 nitrogen and oxygen atoms in total. The van der Waals surface area contributed by atoms with Crippen molar-refractivity contribution in [3.63, 3.8) is 0 Å². The molecule has 1 saturated carbocycles. The lowest BCUT2D eigenvalue weighted by molar-refractivity contribution is -0.120. The molecular weight excluding hydrogens is 461 g/mol. The molecular formula is C24H30FN3O5S. The molecule has 184 valence electrons. The summed E-state index contributed by atoms with van der Waals surface area (Å²) in [6.07, 6.45) is 5.86. The zero-order chi connectivity index (χ0) is 24.3. The Labute approximate surface area is 198 Å². The van der Waals surface area contributed by atoms with Gasteiger partial charge in [-0.3, -0.25) is 9.59 Å². The van der Waals surface area contributed by atoms with Crippen molar-refractivity contribution in [1.82, 2.24) is 9.55 Å². The summed E-state index contributed by atoms with van der Waals surface area (Å²) in [6.45, 7) is 2.82. The fraction of sp³-hybridized carbons (Fsp3) is 0.542. The van der Waals surface area contributed by atoms with E-state index in [0.717, 1.165) is 37.9 Å². The number of aromatic nitrogens is 2. The zero-order valence-corrected chi connectivity index (χ0v) is 20.0. The van der Waals surface area contributed by atoms with Crippen LogP contribution in [0.1, 0.15) is 56.7 Å². The van der Waals surface area contributed by atoms with E-state index in [1.54, 1.807) is 6.92 Å². The van der Waals surface area contributed by atoms with Gasteiger partial charge >= 0.3 is 0 Å². The van der Waals surface area contributed by atoms with Gasteiger partial charge in [0.2, 0.25) is 5.91 Å². The molecule has 34 heavy (non-hydrogen) atoms. The van der Waals surface area contributed by atoms with Crippen molar-refractivity contribution >= 4 is 21.6 Å². The van der Waals surface area contributed by atoms with Crippen LogP contribution in [0, 0.1) is 18.7 Å². The van der Waals surface area contributed by atoms with Crippen LogP contribution in [0.4, 0.5) is 10.2 Å². The summed E-state index contributed by atoms with van der Waals surface area (Å²) in [7, 11) is -3.60. The Bertz CT molecular complexity index is 1180. The van der Waals surface area contributed by atoms with Gasteiger partial charge in [-0.05, 0) is 63.1 Å². The van der Waals surface area contributed by atoms with Crippen LogP contribution in [0.25, 0.3) is 0 Å². The van der Waals surface area contributed by atoms with E-state index in [-0.39, 0.29) is 16.6 Å². The first-order valence-corrected chi connectivity index (χ1v) is 13.3. The Balaban J connectivity index is 1.67. The van der Waals surface area contributed by atoms with Crippen LogP contribution in [0.3, 0.4) is 0 Å². The maximum absolute atomic E-state index is 13.3. The van der Waals surface area contributed by atoms with E-state index in [0.29, 0.717) is 38.2 Å². The van der Waals surface area contributed by atoms with Crippen molar-refractivity contribution in [2.45, 2.75) is 68.1 Å². The third-order valence-electron chi connectivity index (χ3n) is 6.79. The smallest absolute Gasteiger partial charge is 0.252 e. The Hall–Kier alpha value is -2.59. The maximum atomic E-state index is 13.3. The molecule has 10 heteroatoms. The van der Waals surface area contributed by atoms with E-state index in [1.165, 1.54) is 22.8 Å². The molecule has 1 unspecified atom stereocenters. The third-order valence-corrected chi connectivity index (χ3v) is 9.04. The number of nitrogens with one attached hydrogen (secondary N) is 1. The van der Waals surface area contributed by atoms with Gasteiger partial charge in [-0.15, -0.1) is 0 Å². The summed E-state index contributed by atoms with van der Waals surface area (Å²) >= 11 is 0. The molecule has 2 aliphatic rings. The first-order chi connectivity index (χ1) is 16.3. The van der Waals surface area contributed by atoms with Crippen molar-refractivity contribution in [3.8, 4) is 0 Å². The molecule has 3 heterocycles. The molecule has 2 fully saturated rings. The number of nitrogens with zero attached hydrogens (tertiary/aromatic N) is 2. The lowest BCUT2D eigenvalue weighted by atomic mass is 9.91. The van der Waals surface area contributed by atoms with E-state index >= 15 is 0 Å². The van der Waals surface area contributed by atoms with Gasteiger partial charge in [-0.2, -0.15) is 0 Å². The lowest BCUT2D eigenvalue weighted by Crippen LogP contribution is -2.37. The standard InChI is InChI=1S/C24H30FN3O5S/c1-16-12-20(34(31,32)19-4-2-3-5-19)14-23(29)28(16)21(13-17-8-10-33-11-9-17)24(30)27-22-7-6-18(25)15-26-22/h6-7,12,14-15,17,19,21H,2-5,8-11,13H2,1H3,(H,26,27,30). The Morgan fingerprint density at radius 2 is 1.91 bits per heavy atom. The number of ether oxygens (including phenoxy) is 1. The van der Waals surface area contributed by atoms with Gasteiger partial charge in [0.1, 0.15) is 17.7 Å². The number of sulfone groups is 1. The van der Waals surface area contributed by atoms with E-state index in [2.05, 4.69) is 10.3 Å². The average Bonchev–Trinajstić information content (AvgIpc) is 3.36. The number of amides is 1. The quantitative estimate of drug-likeness (QED) is 0.636. The van der Waals surface area contributed by atoms with Gasteiger partial charge in [0.15, 0.2) is 9.84 Å². The van der Waals surface area contributed by atoms with Crippen molar-refractivity contribution < 1.29 is 22.3 Å². The number of anilines is 1. The number of carbonyl (C=O) groups excluding carboxylic acids is 1. The van der Waals surface area contributed by atoms with Crippen LogP contribution in [-0.4, -0.2) is 42.3 Å². The van der Waals surface area contributed by atoms with Gasteiger partial charge in [-0.1, -0.05) is 12.8 Å². The SMILES string of the molecule is Cc1cc(S(=O)(=O)C2CCCC2)cc(=O)n1C(CC1CCOCC1)C(=O)Nc1ccc(F)cn1. The molecule has 1 aliphatic heterocycles. The molecule has 2 aromatic heterocycles. The molecule has 0 spiro atoms. The topological polar surface area (TPSA) is 107 Å². The van der Waals surface area contributed by atoms with Crippen LogP contribution in [0.15, 0.2) is 40.2 Å². The largest absolute Gasteiger partial charge is 0.381 e. The number of rotatable bonds is 7. The number of halogens is 1. The summed E-state index contributed by atoms with van der Waals surface area (Å²) in [4.78, 5) is 30.4.